The molecule has 1 spiro atoms. The number of carbonyl (C=O) groups excluding carboxylic acids is 2. The van der Waals surface area contributed by atoms with E-state index in [2.05, 4.69) is 10.6 Å². The van der Waals surface area contributed by atoms with Crippen LogP contribution in [-0.4, -0.2) is 53.2 Å². The smallest absolute Gasteiger partial charge is 0.325 e. The van der Waals surface area contributed by atoms with E-state index in [-0.39, 0.29) is 18.5 Å². The molecule has 2 heterocycles. The fourth-order valence-corrected chi connectivity index (χ4v) is 2.39. The van der Waals surface area contributed by atoms with Crippen molar-refractivity contribution in [2.75, 3.05) is 19.6 Å². The van der Waals surface area contributed by atoms with Crippen molar-refractivity contribution in [1.82, 2.24) is 15.5 Å². The van der Waals surface area contributed by atoms with Gasteiger partial charge in [-0.25, -0.2) is 4.79 Å². The Labute approximate surface area is 100 Å². The number of hydrogen-bond acceptors (Lipinski definition) is 4. The van der Waals surface area contributed by atoms with Crippen LogP contribution in [0.15, 0.2) is 0 Å². The second-order valence-corrected chi connectivity index (χ2v) is 4.89. The van der Waals surface area contributed by atoms with Crippen LogP contribution in [0, 0.1) is 0 Å². The molecule has 0 saturated carbocycles. The molecule has 0 aromatic rings. The van der Waals surface area contributed by atoms with Crippen LogP contribution in [0.3, 0.4) is 0 Å². The summed E-state index contributed by atoms with van der Waals surface area (Å²) < 4.78 is 0. The van der Waals surface area contributed by atoms with Crippen molar-refractivity contribution in [3.8, 4) is 0 Å². The predicted molar refractivity (Wildman–Crippen MR) is 61.4 cm³/mol. The molecular formula is C11H19N3O3. The summed E-state index contributed by atoms with van der Waals surface area (Å²) in [6.45, 7) is 3.32. The van der Waals surface area contributed by atoms with E-state index in [1.807, 2.05) is 0 Å². The number of nitrogens with zero attached hydrogens (tertiary/aromatic N) is 1. The zero-order chi connectivity index (χ0) is 12.5. The molecule has 96 valence electrons. The fraction of sp³-hybridized carbons (Fsp3) is 0.818. The number of imide groups is 1. The average molecular weight is 241 g/mol. The molecule has 0 bridgehead atoms. The number of aliphatic hydroxyl groups excluding tert-OH is 1. The second kappa shape index (κ2) is 4.62. The second-order valence-electron chi connectivity index (χ2n) is 4.89. The van der Waals surface area contributed by atoms with Crippen LogP contribution in [0.2, 0.25) is 0 Å². The highest BCUT2D eigenvalue weighted by Crippen LogP contribution is 2.25. The van der Waals surface area contributed by atoms with Gasteiger partial charge in [0.1, 0.15) is 5.54 Å². The molecule has 6 nitrogen and oxygen atoms in total. The Balaban J connectivity index is 2.05. The summed E-state index contributed by atoms with van der Waals surface area (Å²) in [6.07, 6.45) is 1.49. The van der Waals surface area contributed by atoms with E-state index in [0.29, 0.717) is 19.4 Å². The topological polar surface area (TPSA) is 81.7 Å². The standard InChI is InChI=1S/C11H19N3O3/c1-8(15)3-6-14-9(16)11(13-10(14)17)4-2-5-12-7-11/h8,12,15H,2-7H2,1H3,(H,13,17). The molecule has 0 radical (unpaired) electrons. The van der Waals surface area contributed by atoms with Gasteiger partial charge >= 0.3 is 6.03 Å². The molecule has 2 aliphatic rings. The summed E-state index contributed by atoms with van der Waals surface area (Å²) in [5, 5.41) is 15.1. The molecule has 6 heteroatoms. The molecule has 17 heavy (non-hydrogen) atoms. The lowest BCUT2D eigenvalue weighted by atomic mass is 9.90. The van der Waals surface area contributed by atoms with Crippen LogP contribution in [-0.2, 0) is 4.79 Å². The van der Waals surface area contributed by atoms with E-state index in [1.54, 1.807) is 6.92 Å². The number of carbonyl (C=O) groups is 2. The van der Waals surface area contributed by atoms with Gasteiger partial charge in [-0.2, -0.15) is 0 Å². The van der Waals surface area contributed by atoms with Crippen LogP contribution >= 0.6 is 0 Å². The van der Waals surface area contributed by atoms with Crippen molar-refractivity contribution in [1.29, 1.82) is 0 Å². The minimum atomic E-state index is -0.742. The summed E-state index contributed by atoms with van der Waals surface area (Å²) in [5.74, 6) is -0.157. The first-order valence-corrected chi connectivity index (χ1v) is 6.08. The lowest BCUT2D eigenvalue weighted by Gasteiger charge is -2.31. The molecule has 2 atom stereocenters. The van der Waals surface area contributed by atoms with Crippen LogP contribution < -0.4 is 10.6 Å². The van der Waals surface area contributed by atoms with Crippen molar-refractivity contribution in [2.24, 2.45) is 0 Å². The first kappa shape index (κ1) is 12.3. The van der Waals surface area contributed by atoms with E-state index in [1.165, 1.54) is 4.90 Å². The summed E-state index contributed by atoms with van der Waals surface area (Å²) >= 11 is 0. The number of aliphatic hydroxyl groups is 1. The van der Waals surface area contributed by atoms with Crippen molar-refractivity contribution in [3.05, 3.63) is 0 Å². The Morgan fingerprint density at radius 3 is 2.88 bits per heavy atom. The lowest BCUT2D eigenvalue weighted by molar-refractivity contribution is -0.132. The van der Waals surface area contributed by atoms with E-state index >= 15 is 0 Å². The Hall–Kier alpha value is -1.14. The molecule has 0 aliphatic carbocycles. The van der Waals surface area contributed by atoms with Gasteiger partial charge in [0.05, 0.1) is 6.10 Å². The van der Waals surface area contributed by atoms with Crippen LogP contribution in [0.4, 0.5) is 4.79 Å². The minimum absolute atomic E-state index is 0.157. The maximum absolute atomic E-state index is 12.2. The van der Waals surface area contributed by atoms with Gasteiger partial charge in [-0.3, -0.25) is 9.69 Å². The summed E-state index contributed by atoms with van der Waals surface area (Å²) in [6, 6.07) is -0.334. The zero-order valence-electron chi connectivity index (χ0n) is 10.0. The van der Waals surface area contributed by atoms with Crippen LogP contribution in [0.25, 0.3) is 0 Å². The maximum Gasteiger partial charge on any atom is 0.325 e. The molecule has 0 aromatic carbocycles. The summed E-state index contributed by atoms with van der Waals surface area (Å²) in [7, 11) is 0. The molecular weight excluding hydrogens is 222 g/mol. The Morgan fingerprint density at radius 2 is 2.29 bits per heavy atom. The fourth-order valence-electron chi connectivity index (χ4n) is 2.39. The van der Waals surface area contributed by atoms with Crippen molar-refractivity contribution in [2.45, 2.75) is 37.8 Å². The summed E-state index contributed by atoms with van der Waals surface area (Å²) in [5.41, 5.74) is -0.742. The van der Waals surface area contributed by atoms with E-state index in [0.717, 1.165) is 13.0 Å². The highest BCUT2D eigenvalue weighted by molar-refractivity contribution is 6.07. The van der Waals surface area contributed by atoms with E-state index in [9.17, 15) is 14.7 Å². The van der Waals surface area contributed by atoms with Crippen molar-refractivity contribution >= 4 is 11.9 Å². The van der Waals surface area contributed by atoms with Crippen molar-refractivity contribution < 1.29 is 14.7 Å². The van der Waals surface area contributed by atoms with Gasteiger partial charge in [0.25, 0.3) is 5.91 Å². The highest BCUT2D eigenvalue weighted by Gasteiger charge is 2.51. The van der Waals surface area contributed by atoms with E-state index < -0.39 is 11.6 Å². The number of urea groups is 1. The maximum atomic E-state index is 12.2. The van der Waals surface area contributed by atoms with Gasteiger partial charge in [-0.15, -0.1) is 0 Å². The number of rotatable bonds is 3. The molecule has 2 fully saturated rings. The molecule has 3 amide bonds. The first-order chi connectivity index (χ1) is 8.05. The Bertz CT molecular complexity index is 324. The third-order valence-electron chi connectivity index (χ3n) is 3.40. The number of piperidine rings is 1. The Kier molecular flexibility index (Phi) is 3.35. The van der Waals surface area contributed by atoms with Gasteiger partial charge in [0, 0.05) is 13.1 Å². The molecule has 2 saturated heterocycles. The molecule has 3 N–H and O–H groups in total. The first-order valence-electron chi connectivity index (χ1n) is 6.08. The van der Waals surface area contributed by atoms with Gasteiger partial charge < -0.3 is 15.7 Å². The van der Waals surface area contributed by atoms with Gasteiger partial charge in [-0.1, -0.05) is 0 Å². The Morgan fingerprint density at radius 1 is 1.53 bits per heavy atom. The average Bonchev–Trinajstić information content (AvgIpc) is 2.50. The van der Waals surface area contributed by atoms with Crippen molar-refractivity contribution in [3.63, 3.8) is 0 Å². The van der Waals surface area contributed by atoms with Crippen LogP contribution in [0.5, 0.6) is 0 Å². The molecule has 2 aliphatic heterocycles. The molecule has 2 rings (SSSR count). The largest absolute Gasteiger partial charge is 0.393 e. The van der Waals surface area contributed by atoms with Gasteiger partial charge in [0.15, 0.2) is 0 Å². The lowest BCUT2D eigenvalue weighted by Crippen LogP contribution is -2.57. The highest BCUT2D eigenvalue weighted by atomic mass is 16.3. The quantitative estimate of drug-likeness (QED) is 0.578. The number of nitrogens with one attached hydrogen (secondary N) is 2. The third-order valence-corrected chi connectivity index (χ3v) is 3.40. The summed E-state index contributed by atoms with van der Waals surface area (Å²) in [4.78, 5) is 25.2. The normalized spacial score (nSPS) is 30.8. The molecule has 0 aromatic heterocycles. The zero-order valence-corrected chi connectivity index (χ0v) is 10.0. The predicted octanol–water partition coefficient (Wildman–Crippen LogP) is -0.569. The number of hydrogen-bond donors (Lipinski definition) is 3. The molecule has 2 unspecified atom stereocenters. The number of amides is 3. The van der Waals surface area contributed by atoms with Gasteiger partial charge in [0.2, 0.25) is 0 Å². The third kappa shape index (κ3) is 2.28. The minimum Gasteiger partial charge on any atom is -0.393 e. The SMILES string of the molecule is CC(O)CCN1C(=O)NC2(CCCNC2)C1=O. The van der Waals surface area contributed by atoms with Gasteiger partial charge in [-0.05, 0) is 32.7 Å². The monoisotopic (exact) mass is 241 g/mol. The van der Waals surface area contributed by atoms with Crippen LogP contribution in [0.1, 0.15) is 26.2 Å². The van der Waals surface area contributed by atoms with E-state index in [4.69, 9.17) is 0 Å².